The molecule has 2 heterocycles. The summed E-state index contributed by atoms with van der Waals surface area (Å²) in [6.45, 7) is 2.71. The third kappa shape index (κ3) is 2.23. The van der Waals surface area contributed by atoms with Crippen LogP contribution in [-0.2, 0) is 0 Å². The quantitative estimate of drug-likeness (QED) is 0.890. The van der Waals surface area contributed by atoms with E-state index in [1.54, 1.807) is 6.07 Å². The topological polar surface area (TPSA) is 39.7 Å². The molecule has 1 unspecified atom stereocenters. The molecule has 0 saturated carbocycles. The Labute approximate surface area is 111 Å². The Morgan fingerprint density at radius 3 is 2.95 bits per heavy atom. The zero-order valence-corrected chi connectivity index (χ0v) is 11.0. The SMILES string of the molecule is COc1cc2c(c(C3CCCNC3)c1F)OCCO2. The number of nitrogens with one attached hydrogen (secondary N) is 1. The van der Waals surface area contributed by atoms with Gasteiger partial charge in [-0.3, -0.25) is 0 Å². The van der Waals surface area contributed by atoms with Crippen LogP contribution < -0.4 is 19.5 Å². The van der Waals surface area contributed by atoms with Gasteiger partial charge in [0, 0.05) is 24.1 Å². The van der Waals surface area contributed by atoms with Gasteiger partial charge >= 0.3 is 0 Å². The number of piperidine rings is 1. The molecule has 19 heavy (non-hydrogen) atoms. The predicted octanol–water partition coefficient (Wildman–Crippen LogP) is 2.07. The van der Waals surface area contributed by atoms with Gasteiger partial charge in [-0.2, -0.15) is 0 Å². The van der Waals surface area contributed by atoms with Crippen LogP contribution in [-0.4, -0.2) is 33.4 Å². The minimum atomic E-state index is -0.319. The van der Waals surface area contributed by atoms with Gasteiger partial charge in [-0.25, -0.2) is 4.39 Å². The Morgan fingerprint density at radius 2 is 2.21 bits per heavy atom. The lowest BCUT2D eigenvalue weighted by atomic mass is 9.90. The number of fused-ring (bicyclic) bond motifs is 1. The van der Waals surface area contributed by atoms with E-state index in [4.69, 9.17) is 14.2 Å². The number of methoxy groups -OCH3 is 1. The van der Waals surface area contributed by atoms with Crippen molar-refractivity contribution in [1.29, 1.82) is 0 Å². The molecule has 1 saturated heterocycles. The maximum atomic E-state index is 14.6. The lowest BCUT2D eigenvalue weighted by Crippen LogP contribution is -2.30. The molecule has 1 atom stereocenters. The number of ether oxygens (including phenoxy) is 3. The summed E-state index contributed by atoms with van der Waals surface area (Å²) in [5.41, 5.74) is 0.598. The number of rotatable bonds is 2. The van der Waals surface area contributed by atoms with Crippen LogP contribution in [0.5, 0.6) is 17.2 Å². The van der Waals surface area contributed by atoms with Crippen molar-refractivity contribution in [2.45, 2.75) is 18.8 Å². The van der Waals surface area contributed by atoms with E-state index in [2.05, 4.69) is 5.32 Å². The first kappa shape index (κ1) is 12.5. The molecule has 4 nitrogen and oxygen atoms in total. The molecule has 1 fully saturated rings. The molecule has 1 aromatic carbocycles. The lowest BCUT2D eigenvalue weighted by Gasteiger charge is -2.29. The van der Waals surface area contributed by atoms with Crippen molar-refractivity contribution in [2.75, 3.05) is 33.4 Å². The largest absolute Gasteiger partial charge is 0.494 e. The van der Waals surface area contributed by atoms with Gasteiger partial charge in [0.25, 0.3) is 0 Å². The lowest BCUT2D eigenvalue weighted by molar-refractivity contribution is 0.166. The summed E-state index contributed by atoms with van der Waals surface area (Å²) < 4.78 is 30.9. The van der Waals surface area contributed by atoms with Crippen LogP contribution in [0.15, 0.2) is 6.07 Å². The zero-order chi connectivity index (χ0) is 13.2. The molecular formula is C14H18FNO3. The number of benzene rings is 1. The van der Waals surface area contributed by atoms with Crippen molar-refractivity contribution in [1.82, 2.24) is 5.32 Å². The summed E-state index contributed by atoms with van der Waals surface area (Å²) in [5, 5.41) is 3.30. The standard InChI is InChI=1S/C14H18FNO3/c1-17-10-7-11-14(19-6-5-18-11)12(13(10)15)9-3-2-4-16-8-9/h7,9,16H,2-6,8H2,1H3. The molecular weight excluding hydrogens is 249 g/mol. The van der Waals surface area contributed by atoms with Crippen LogP contribution in [0.1, 0.15) is 24.3 Å². The third-order valence-corrected chi connectivity index (χ3v) is 3.70. The van der Waals surface area contributed by atoms with Gasteiger partial charge in [0.15, 0.2) is 23.1 Å². The highest BCUT2D eigenvalue weighted by Crippen LogP contribution is 2.45. The van der Waals surface area contributed by atoms with E-state index in [0.29, 0.717) is 30.3 Å². The monoisotopic (exact) mass is 267 g/mol. The molecule has 0 radical (unpaired) electrons. The third-order valence-electron chi connectivity index (χ3n) is 3.70. The second-order valence-electron chi connectivity index (χ2n) is 4.87. The van der Waals surface area contributed by atoms with E-state index in [1.165, 1.54) is 7.11 Å². The van der Waals surface area contributed by atoms with Crippen LogP contribution >= 0.6 is 0 Å². The maximum Gasteiger partial charge on any atom is 0.172 e. The second-order valence-corrected chi connectivity index (χ2v) is 4.87. The molecule has 2 aliphatic rings. The van der Waals surface area contributed by atoms with E-state index in [1.807, 2.05) is 0 Å². The van der Waals surface area contributed by atoms with Crippen molar-refractivity contribution in [2.24, 2.45) is 0 Å². The zero-order valence-electron chi connectivity index (χ0n) is 11.0. The molecule has 0 bridgehead atoms. The van der Waals surface area contributed by atoms with E-state index in [0.717, 1.165) is 25.9 Å². The molecule has 0 amide bonds. The normalized spacial score (nSPS) is 22.1. The molecule has 0 aliphatic carbocycles. The maximum absolute atomic E-state index is 14.6. The fraction of sp³-hybridized carbons (Fsp3) is 0.571. The Bertz CT molecular complexity index is 472. The molecule has 1 N–H and O–H groups in total. The van der Waals surface area contributed by atoms with Crippen LogP contribution in [0, 0.1) is 5.82 Å². The van der Waals surface area contributed by atoms with Gasteiger partial charge < -0.3 is 19.5 Å². The summed E-state index contributed by atoms with van der Waals surface area (Å²) in [5.74, 6) is 1.16. The molecule has 1 aromatic rings. The highest BCUT2D eigenvalue weighted by Gasteiger charge is 2.30. The average molecular weight is 267 g/mol. The van der Waals surface area contributed by atoms with Gasteiger partial charge in [-0.15, -0.1) is 0 Å². The Hall–Kier alpha value is -1.49. The van der Waals surface area contributed by atoms with Gasteiger partial charge in [0.05, 0.1) is 7.11 Å². The Morgan fingerprint density at radius 1 is 1.37 bits per heavy atom. The first-order chi connectivity index (χ1) is 9.31. The number of hydrogen-bond acceptors (Lipinski definition) is 4. The first-order valence-corrected chi connectivity index (χ1v) is 6.68. The smallest absolute Gasteiger partial charge is 0.172 e. The molecule has 5 heteroatoms. The number of hydrogen-bond donors (Lipinski definition) is 1. The molecule has 104 valence electrons. The molecule has 0 aromatic heterocycles. The minimum Gasteiger partial charge on any atom is -0.494 e. The Kier molecular flexibility index (Phi) is 3.46. The van der Waals surface area contributed by atoms with Crippen LogP contribution in [0.3, 0.4) is 0 Å². The molecule has 3 rings (SSSR count). The summed E-state index contributed by atoms with van der Waals surface area (Å²) in [4.78, 5) is 0. The van der Waals surface area contributed by atoms with Crippen molar-refractivity contribution < 1.29 is 18.6 Å². The Balaban J connectivity index is 2.08. The fourth-order valence-corrected chi connectivity index (χ4v) is 2.78. The van der Waals surface area contributed by atoms with Crippen LogP contribution in [0.4, 0.5) is 4.39 Å². The van der Waals surface area contributed by atoms with E-state index < -0.39 is 0 Å². The summed E-state index contributed by atoms with van der Waals surface area (Å²) in [6, 6.07) is 1.57. The summed E-state index contributed by atoms with van der Waals surface area (Å²) in [7, 11) is 1.47. The minimum absolute atomic E-state index is 0.110. The van der Waals surface area contributed by atoms with Crippen molar-refractivity contribution in [3.05, 3.63) is 17.4 Å². The summed E-state index contributed by atoms with van der Waals surface area (Å²) >= 11 is 0. The van der Waals surface area contributed by atoms with Crippen molar-refractivity contribution in [3.63, 3.8) is 0 Å². The van der Waals surface area contributed by atoms with Gasteiger partial charge in [-0.05, 0) is 19.4 Å². The van der Waals surface area contributed by atoms with E-state index in [-0.39, 0.29) is 17.5 Å². The van der Waals surface area contributed by atoms with E-state index in [9.17, 15) is 4.39 Å². The van der Waals surface area contributed by atoms with E-state index >= 15 is 0 Å². The fourth-order valence-electron chi connectivity index (χ4n) is 2.78. The first-order valence-electron chi connectivity index (χ1n) is 6.68. The van der Waals surface area contributed by atoms with Gasteiger partial charge in [0.1, 0.15) is 13.2 Å². The molecule has 2 aliphatic heterocycles. The van der Waals surface area contributed by atoms with Crippen molar-refractivity contribution in [3.8, 4) is 17.2 Å². The highest BCUT2D eigenvalue weighted by molar-refractivity contribution is 5.55. The predicted molar refractivity (Wildman–Crippen MR) is 68.8 cm³/mol. The second kappa shape index (κ2) is 5.25. The number of halogens is 1. The molecule has 0 spiro atoms. The van der Waals surface area contributed by atoms with Gasteiger partial charge in [0.2, 0.25) is 0 Å². The van der Waals surface area contributed by atoms with Crippen LogP contribution in [0.2, 0.25) is 0 Å². The average Bonchev–Trinajstić information content (AvgIpc) is 2.47. The summed E-state index contributed by atoms with van der Waals surface area (Å²) in [6.07, 6.45) is 1.99. The van der Waals surface area contributed by atoms with Crippen LogP contribution in [0.25, 0.3) is 0 Å². The van der Waals surface area contributed by atoms with Gasteiger partial charge in [-0.1, -0.05) is 0 Å². The van der Waals surface area contributed by atoms with Crippen molar-refractivity contribution >= 4 is 0 Å². The highest BCUT2D eigenvalue weighted by atomic mass is 19.1.